The third kappa shape index (κ3) is 5.70. The van der Waals surface area contributed by atoms with Gasteiger partial charge in [0.1, 0.15) is 23.4 Å². The van der Waals surface area contributed by atoms with Crippen LogP contribution in [-0.4, -0.2) is 73.3 Å². The van der Waals surface area contributed by atoms with Crippen LogP contribution in [0.15, 0.2) is 18.3 Å². The number of aromatic nitrogens is 6. The number of alkyl halides is 5. The highest BCUT2D eigenvalue weighted by Crippen LogP contribution is 2.33. The van der Waals surface area contributed by atoms with Crippen molar-refractivity contribution in [2.45, 2.75) is 38.4 Å². The minimum Gasteiger partial charge on any atom is -0.371 e. The summed E-state index contributed by atoms with van der Waals surface area (Å²) in [6.07, 6.45) is -2.65. The maximum absolute atomic E-state index is 14.7. The molecule has 0 atom stereocenters. The highest BCUT2D eigenvalue weighted by Gasteiger charge is 2.33. The maximum atomic E-state index is 14.7. The van der Waals surface area contributed by atoms with Gasteiger partial charge in [0.25, 0.3) is 5.92 Å². The molecular weight excluding hydrogens is 504 g/mol. The van der Waals surface area contributed by atoms with Crippen LogP contribution in [0.4, 0.5) is 38.1 Å². The van der Waals surface area contributed by atoms with Crippen molar-refractivity contribution in [3.05, 3.63) is 30.0 Å². The molecule has 0 amide bonds. The molecule has 5 rings (SSSR count). The molecule has 1 aliphatic rings. The summed E-state index contributed by atoms with van der Waals surface area (Å²) in [5.74, 6) is -2.74. The Bertz CT molecular complexity index is 1430. The van der Waals surface area contributed by atoms with E-state index in [1.165, 1.54) is 23.6 Å². The maximum Gasteiger partial charge on any atom is 0.406 e. The van der Waals surface area contributed by atoms with Crippen molar-refractivity contribution in [1.29, 1.82) is 0 Å². The number of aryl methyl sites for hydroxylation is 1. The Labute approximate surface area is 207 Å². The van der Waals surface area contributed by atoms with Crippen LogP contribution in [0.5, 0.6) is 0 Å². The van der Waals surface area contributed by atoms with E-state index in [1.54, 1.807) is 19.0 Å². The molecule has 4 aromatic rings. The molecule has 0 saturated carbocycles. The highest BCUT2D eigenvalue weighted by atomic mass is 19.4. The average molecular weight is 529 g/mol. The number of anilines is 2. The number of hydrogen-bond acceptors (Lipinski definition) is 7. The normalized spacial score (nSPS) is 16.1. The molecule has 37 heavy (non-hydrogen) atoms. The molecule has 0 unspecified atom stereocenters. The van der Waals surface area contributed by atoms with Gasteiger partial charge in [-0.05, 0) is 39.1 Å². The van der Waals surface area contributed by atoms with Gasteiger partial charge in [0, 0.05) is 13.5 Å². The van der Waals surface area contributed by atoms with E-state index >= 15 is 0 Å². The van der Waals surface area contributed by atoms with E-state index in [2.05, 4.69) is 25.4 Å². The number of fused-ring (bicyclic) bond motifs is 2. The lowest BCUT2D eigenvalue weighted by molar-refractivity contribution is -0.140. The van der Waals surface area contributed by atoms with Crippen molar-refractivity contribution >= 4 is 28.4 Å². The minimum atomic E-state index is -4.45. The highest BCUT2D eigenvalue weighted by molar-refractivity contribution is 5.89. The summed E-state index contributed by atoms with van der Waals surface area (Å²) in [4.78, 5) is 14.1. The Morgan fingerprint density at radius 3 is 2.49 bits per heavy atom. The van der Waals surface area contributed by atoms with Crippen molar-refractivity contribution in [2.75, 3.05) is 38.2 Å². The lowest BCUT2D eigenvalue weighted by Gasteiger charge is -2.28. The first-order chi connectivity index (χ1) is 17.3. The van der Waals surface area contributed by atoms with Crippen LogP contribution in [0.3, 0.4) is 0 Å². The van der Waals surface area contributed by atoms with Gasteiger partial charge >= 0.3 is 6.18 Å². The average Bonchev–Trinajstić information content (AvgIpc) is 3.26. The molecule has 0 aliphatic carbocycles. The van der Waals surface area contributed by atoms with E-state index in [4.69, 9.17) is 5.73 Å². The Morgan fingerprint density at radius 1 is 1.16 bits per heavy atom. The van der Waals surface area contributed by atoms with Crippen molar-refractivity contribution < 1.29 is 26.3 Å². The molecule has 1 saturated heterocycles. The van der Waals surface area contributed by atoms with E-state index < -0.39 is 24.5 Å². The number of pyridine rings is 1. The molecule has 0 bridgehead atoms. The Hall–Kier alpha value is -3.62. The summed E-state index contributed by atoms with van der Waals surface area (Å²) in [5, 5.41) is 6.74. The molecule has 5 heterocycles. The van der Waals surface area contributed by atoms with Crippen LogP contribution in [0.1, 0.15) is 18.7 Å². The summed E-state index contributed by atoms with van der Waals surface area (Å²) in [7, 11) is 3.31. The Morgan fingerprint density at radius 2 is 1.89 bits per heavy atom. The fraction of sp³-hybridized carbons (Fsp3) is 0.455. The monoisotopic (exact) mass is 529 g/mol. The third-order valence-corrected chi connectivity index (χ3v) is 5.80. The van der Waals surface area contributed by atoms with Gasteiger partial charge in [-0.3, -0.25) is 0 Å². The van der Waals surface area contributed by atoms with Crippen LogP contribution >= 0.6 is 0 Å². The van der Waals surface area contributed by atoms with Gasteiger partial charge in [-0.25, -0.2) is 27.7 Å². The molecular formula is C22H25F6N9. The van der Waals surface area contributed by atoms with Crippen LogP contribution in [0.2, 0.25) is 0 Å². The van der Waals surface area contributed by atoms with Gasteiger partial charge < -0.3 is 20.5 Å². The molecule has 200 valence electrons. The second-order valence-electron chi connectivity index (χ2n) is 8.81. The SMILES string of the molecule is CN1CCCC(F)(F)C1.CNc1nc(N)nn2cc(F)c(-c3ccc4nc(C)n(CC(F)(F)F)c4n3)c12. The van der Waals surface area contributed by atoms with Crippen LogP contribution in [0, 0.1) is 12.7 Å². The third-order valence-electron chi connectivity index (χ3n) is 5.80. The van der Waals surface area contributed by atoms with Crippen molar-refractivity contribution in [1.82, 2.24) is 34.0 Å². The number of halogens is 6. The van der Waals surface area contributed by atoms with Crippen LogP contribution in [0.25, 0.3) is 27.9 Å². The second kappa shape index (κ2) is 9.68. The summed E-state index contributed by atoms with van der Waals surface area (Å²) < 4.78 is 80.5. The van der Waals surface area contributed by atoms with Gasteiger partial charge in [0.15, 0.2) is 17.3 Å². The minimum absolute atomic E-state index is 0.00782. The fourth-order valence-electron chi connectivity index (χ4n) is 4.27. The summed E-state index contributed by atoms with van der Waals surface area (Å²) in [6, 6.07) is 2.98. The molecule has 4 aromatic heterocycles. The number of piperidine rings is 1. The van der Waals surface area contributed by atoms with E-state index in [0.29, 0.717) is 6.42 Å². The number of nitrogens with two attached hydrogens (primary N) is 1. The molecule has 1 fully saturated rings. The van der Waals surface area contributed by atoms with E-state index in [-0.39, 0.29) is 58.5 Å². The number of imidazole rings is 1. The molecule has 1 aliphatic heterocycles. The molecule has 15 heteroatoms. The van der Waals surface area contributed by atoms with E-state index in [1.807, 2.05) is 0 Å². The summed E-state index contributed by atoms with van der Waals surface area (Å²) >= 11 is 0. The number of hydrogen-bond donors (Lipinski definition) is 2. The quantitative estimate of drug-likeness (QED) is 0.385. The zero-order valence-corrected chi connectivity index (χ0v) is 20.2. The number of rotatable bonds is 3. The molecule has 9 nitrogen and oxygen atoms in total. The number of nitrogens with zero attached hydrogens (tertiary/aromatic N) is 7. The van der Waals surface area contributed by atoms with Crippen LogP contribution in [-0.2, 0) is 6.54 Å². The van der Waals surface area contributed by atoms with Gasteiger partial charge in [-0.15, -0.1) is 5.10 Å². The fourth-order valence-corrected chi connectivity index (χ4v) is 4.27. The van der Waals surface area contributed by atoms with E-state index in [9.17, 15) is 26.3 Å². The van der Waals surface area contributed by atoms with Gasteiger partial charge in [0.05, 0.1) is 24.0 Å². The Kier molecular flexibility index (Phi) is 6.92. The van der Waals surface area contributed by atoms with E-state index in [0.717, 1.165) is 17.3 Å². The standard InChI is InChI=1S/C16H14F4N8.C6H11F2N/c1-7-23-10-4-3-9(24-14(10)27(7)6-16(18,19)20)11-8(17)5-28-12(11)13(22-2)25-15(21)26-28;1-9-4-2-3-6(7,8)5-9/h3-5H,6H2,1-2H3,(H3,21,22,25,26);2-5H2,1H3. The zero-order chi connectivity index (χ0) is 27.1. The topological polar surface area (TPSA) is 102 Å². The number of likely N-dealkylation sites (tertiary alicyclic amines) is 1. The first kappa shape index (κ1) is 26.4. The molecule has 0 aromatic carbocycles. The number of nitrogens with one attached hydrogen (secondary N) is 1. The molecule has 0 radical (unpaired) electrons. The predicted molar refractivity (Wildman–Crippen MR) is 126 cm³/mol. The van der Waals surface area contributed by atoms with Gasteiger partial charge in [-0.2, -0.15) is 18.2 Å². The summed E-state index contributed by atoms with van der Waals surface area (Å²) in [6.45, 7) is 0.964. The second-order valence-corrected chi connectivity index (χ2v) is 8.81. The lowest BCUT2D eigenvalue weighted by atomic mass is 10.1. The smallest absolute Gasteiger partial charge is 0.371 e. The van der Waals surface area contributed by atoms with Gasteiger partial charge in [-0.1, -0.05) is 0 Å². The zero-order valence-electron chi connectivity index (χ0n) is 20.2. The first-order valence-electron chi connectivity index (χ1n) is 11.3. The molecule has 3 N–H and O–H groups in total. The van der Waals surface area contributed by atoms with Crippen LogP contribution < -0.4 is 11.1 Å². The van der Waals surface area contributed by atoms with Crippen molar-refractivity contribution in [3.8, 4) is 11.3 Å². The van der Waals surface area contributed by atoms with Crippen molar-refractivity contribution in [2.24, 2.45) is 0 Å². The summed E-state index contributed by atoms with van der Waals surface area (Å²) in [5.41, 5.74) is 6.34. The first-order valence-corrected chi connectivity index (χ1v) is 11.3. The predicted octanol–water partition coefficient (Wildman–Crippen LogP) is 4.12. The van der Waals surface area contributed by atoms with Crippen molar-refractivity contribution in [3.63, 3.8) is 0 Å². The number of nitrogen functional groups attached to an aromatic ring is 1. The lowest BCUT2D eigenvalue weighted by Crippen LogP contribution is -2.39. The Balaban J connectivity index is 0.000000301. The molecule has 0 spiro atoms. The largest absolute Gasteiger partial charge is 0.406 e. The van der Waals surface area contributed by atoms with Gasteiger partial charge in [0.2, 0.25) is 5.95 Å².